The van der Waals surface area contributed by atoms with Gasteiger partial charge in [-0.3, -0.25) is 0 Å². The largest absolute Gasteiger partial charge is 0.302 e. The van der Waals surface area contributed by atoms with E-state index in [1.54, 1.807) is 17.8 Å². The van der Waals surface area contributed by atoms with Crippen LogP contribution in [0.1, 0.15) is 49.4 Å². The highest BCUT2D eigenvalue weighted by Crippen LogP contribution is 2.34. The average Bonchev–Trinajstić information content (AvgIpc) is 2.98. The first-order chi connectivity index (χ1) is 11.7. The Morgan fingerprint density at radius 1 is 1.21 bits per heavy atom. The third-order valence-electron chi connectivity index (χ3n) is 4.40. The summed E-state index contributed by atoms with van der Waals surface area (Å²) < 4.78 is 2.21. The van der Waals surface area contributed by atoms with Crippen LogP contribution >= 0.6 is 35.0 Å². The number of halogens is 2. The Hall–Kier alpha value is -0.970. The molecule has 1 heterocycles. The number of aromatic nitrogens is 3. The molecule has 0 aliphatic heterocycles. The normalized spacial score (nSPS) is 15.6. The second kappa shape index (κ2) is 8.41. The van der Waals surface area contributed by atoms with Crippen molar-refractivity contribution in [3.05, 3.63) is 52.3 Å². The Balaban J connectivity index is 1.77. The molecule has 6 heteroatoms. The zero-order valence-electron chi connectivity index (χ0n) is 13.5. The van der Waals surface area contributed by atoms with E-state index in [4.69, 9.17) is 23.2 Å². The fourth-order valence-electron chi connectivity index (χ4n) is 3.15. The molecule has 1 aromatic heterocycles. The molecule has 0 spiro atoms. The molecule has 0 radical (unpaired) electrons. The fourth-order valence-corrected chi connectivity index (χ4v) is 4.66. The maximum atomic E-state index is 6.27. The lowest BCUT2D eigenvalue weighted by Crippen LogP contribution is -2.12. The number of hydrogen-bond donors (Lipinski definition) is 0. The van der Waals surface area contributed by atoms with Gasteiger partial charge in [-0.15, -0.1) is 16.8 Å². The summed E-state index contributed by atoms with van der Waals surface area (Å²) >= 11 is 13.9. The van der Waals surface area contributed by atoms with Crippen LogP contribution in [0.25, 0.3) is 0 Å². The van der Waals surface area contributed by atoms with E-state index >= 15 is 0 Å². The van der Waals surface area contributed by atoms with Crippen LogP contribution in [0.4, 0.5) is 0 Å². The molecule has 24 heavy (non-hydrogen) atoms. The quantitative estimate of drug-likeness (QED) is 0.446. The van der Waals surface area contributed by atoms with Crippen LogP contribution in [0.5, 0.6) is 0 Å². The van der Waals surface area contributed by atoms with E-state index in [1.807, 2.05) is 18.2 Å². The van der Waals surface area contributed by atoms with Crippen molar-refractivity contribution in [3.63, 3.8) is 0 Å². The lowest BCUT2D eigenvalue weighted by Gasteiger charge is -2.21. The third-order valence-corrected chi connectivity index (χ3v) is 6.00. The number of thioether (sulfide) groups is 1. The molecular weight excluding hydrogens is 361 g/mol. The number of nitrogens with zero attached hydrogens (tertiary/aromatic N) is 3. The Bertz CT molecular complexity index is 708. The zero-order chi connectivity index (χ0) is 16.9. The first-order valence-electron chi connectivity index (χ1n) is 8.29. The van der Waals surface area contributed by atoms with Crippen molar-refractivity contribution in [3.8, 4) is 0 Å². The van der Waals surface area contributed by atoms with Crippen molar-refractivity contribution in [2.45, 2.75) is 55.5 Å². The highest BCUT2D eigenvalue weighted by molar-refractivity contribution is 7.98. The van der Waals surface area contributed by atoms with E-state index in [0.717, 1.165) is 28.8 Å². The third kappa shape index (κ3) is 4.16. The van der Waals surface area contributed by atoms with Gasteiger partial charge >= 0.3 is 0 Å². The molecule has 1 aliphatic rings. The van der Waals surface area contributed by atoms with E-state index in [1.165, 1.54) is 32.1 Å². The molecule has 3 rings (SSSR count). The van der Waals surface area contributed by atoms with E-state index < -0.39 is 0 Å². The number of rotatable bonds is 6. The molecule has 3 nitrogen and oxygen atoms in total. The minimum Gasteiger partial charge on any atom is -0.302 e. The lowest BCUT2D eigenvalue weighted by atomic mass is 9.89. The van der Waals surface area contributed by atoms with Crippen molar-refractivity contribution in [2.75, 3.05) is 0 Å². The van der Waals surface area contributed by atoms with Gasteiger partial charge in [0.25, 0.3) is 0 Å². The van der Waals surface area contributed by atoms with E-state index in [2.05, 4.69) is 21.3 Å². The standard InChI is InChI=1S/C18H21Cl2N3S/c1-2-10-23-17(13-6-4-3-5-7-13)21-22-18(23)24-12-14-8-9-15(19)11-16(14)20/h2,8-9,11,13H,1,3-7,10,12H2. The number of hydrogen-bond acceptors (Lipinski definition) is 3. The topological polar surface area (TPSA) is 30.7 Å². The minimum absolute atomic E-state index is 0.527. The van der Waals surface area contributed by atoms with Gasteiger partial charge in [0.15, 0.2) is 5.16 Å². The maximum Gasteiger partial charge on any atom is 0.191 e. The van der Waals surface area contributed by atoms with Gasteiger partial charge in [-0.2, -0.15) is 0 Å². The summed E-state index contributed by atoms with van der Waals surface area (Å²) in [6, 6.07) is 5.61. The minimum atomic E-state index is 0.527. The molecule has 0 amide bonds. The molecule has 2 aromatic rings. The molecule has 128 valence electrons. The highest BCUT2D eigenvalue weighted by Gasteiger charge is 2.23. The van der Waals surface area contributed by atoms with Crippen LogP contribution in [-0.2, 0) is 12.3 Å². The highest BCUT2D eigenvalue weighted by atomic mass is 35.5. The van der Waals surface area contributed by atoms with Gasteiger partial charge in [0.05, 0.1) is 0 Å². The van der Waals surface area contributed by atoms with Crippen molar-refractivity contribution in [1.29, 1.82) is 0 Å². The number of allylic oxidation sites excluding steroid dienone is 1. The van der Waals surface area contributed by atoms with Crippen LogP contribution < -0.4 is 0 Å². The molecule has 1 saturated carbocycles. The smallest absolute Gasteiger partial charge is 0.191 e. The van der Waals surface area contributed by atoms with Gasteiger partial charge in [-0.1, -0.05) is 66.4 Å². The van der Waals surface area contributed by atoms with Gasteiger partial charge < -0.3 is 4.57 Å². The van der Waals surface area contributed by atoms with Crippen molar-refractivity contribution < 1.29 is 0 Å². The van der Waals surface area contributed by atoms with Crippen molar-refractivity contribution >= 4 is 35.0 Å². The molecule has 0 saturated heterocycles. The summed E-state index contributed by atoms with van der Waals surface area (Å²) in [5.41, 5.74) is 1.05. The molecule has 0 atom stereocenters. The van der Waals surface area contributed by atoms with Gasteiger partial charge in [0.2, 0.25) is 0 Å². The van der Waals surface area contributed by atoms with Gasteiger partial charge in [-0.05, 0) is 30.5 Å². The Morgan fingerprint density at radius 2 is 2.00 bits per heavy atom. The van der Waals surface area contributed by atoms with Crippen molar-refractivity contribution in [2.24, 2.45) is 0 Å². The van der Waals surface area contributed by atoms with Crippen LogP contribution in [0, 0.1) is 0 Å². The molecule has 0 bridgehead atoms. The zero-order valence-corrected chi connectivity index (χ0v) is 15.9. The van der Waals surface area contributed by atoms with Crippen molar-refractivity contribution in [1.82, 2.24) is 14.8 Å². The van der Waals surface area contributed by atoms with Crippen LogP contribution in [-0.4, -0.2) is 14.8 Å². The van der Waals surface area contributed by atoms with Gasteiger partial charge in [-0.25, -0.2) is 0 Å². The predicted octanol–water partition coefficient (Wildman–Crippen LogP) is 6.11. The van der Waals surface area contributed by atoms with Gasteiger partial charge in [0.1, 0.15) is 5.82 Å². The summed E-state index contributed by atoms with van der Waals surface area (Å²) in [6.07, 6.45) is 8.24. The van der Waals surface area contributed by atoms with Gasteiger partial charge in [0, 0.05) is 28.3 Å². The molecule has 1 aliphatic carbocycles. The lowest BCUT2D eigenvalue weighted by molar-refractivity contribution is 0.415. The molecule has 0 unspecified atom stereocenters. The Labute approximate surface area is 157 Å². The fraction of sp³-hybridized carbons (Fsp3) is 0.444. The second-order valence-corrected chi connectivity index (χ2v) is 7.89. The Morgan fingerprint density at radius 3 is 2.71 bits per heavy atom. The molecular formula is C18H21Cl2N3S. The molecule has 1 aromatic carbocycles. The van der Waals surface area contributed by atoms with E-state index in [-0.39, 0.29) is 0 Å². The van der Waals surface area contributed by atoms with Crippen LogP contribution in [0.15, 0.2) is 36.0 Å². The SMILES string of the molecule is C=CCn1c(SCc2ccc(Cl)cc2Cl)nnc1C1CCCCC1. The van der Waals surface area contributed by atoms with Crippen LogP contribution in [0.3, 0.4) is 0 Å². The average molecular weight is 382 g/mol. The summed E-state index contributed by atoms with van der Waals surface area (Å²) in [7, 11) is 0. The first-order valence-corrected chi connectivity index (χ1v) is 10.0. The molecule has 1 fully saturated rings. The molecule has 0 N–H and O–H groups in total. The second-order valence-electron chi connectivity index (χ2n) is 6.10. The predicted molar refractivity (Wildman–Crippen MR) is 102 cm³/mol. The Kier molecular flexibility index (Phi) is 6.25. The number of benzene rings is 1. The maximum absolute atomic E-state index is 6.27. The first kappa shape index (κ1) is 17.8. The van der Waals surface area contributed by atoms with E-state index in [9.17, 15) is 0 Å². The monoisotopic (exact) mass is 381 g/mol. The van der Waals surface area contributed by atoms with Crippen LogP contribution in [0.2, 0.25) is 10.0 Å². The summed E-state index contributed by atoms with van der Waals surface area (Å²) in [5.74, 6) is 2.38. The summed E-state index contributed by atoms with van der Waals surface area (Å²) in [5, 5.41) is 11.2. The summed E-state index contributed by atoms with van der Waals surface area (Å²) in [6.45, 7) is 4.63. The van der Waals surface area contributed by atoms with E-state index in [0.29, 0.717) is 16.0 Å². The summed E-state index contributed by atoms with van der Waals surface area (Å²) in [4.78, 5) is 0.